The molecule has 0 fully saturated rings. The van der Waals surface area contributed by atoms with Crippen LogP contribution in [0.5, 0.6) is 17.4 Å². The molecule has 1 aromatic heterocycles. The van der Waals surface area contributed by atoms with Crippen LogP contribution in [0.2, 0.25) is 0 Å². The number of fused-ring (bicyclic) bond motifs is 1. The number of pyridine rings is 1. The van der Waals surface area contributed by atoms with Crippen LogP contribution >= 0.6 is 0 Å². The van der Waals surface area contributed by atoms with E-state index in [4.69, 9.17) is 10.2 Å². The number of nitrogens with zero attached hydrogens (tertiary/aromatic N) is 1. The molecule has 0 saturated heterocycles. The Morgan fingerprint density at radius 2 is 1.67 bits per heavy atom. The Balaban J connectivity index is 2.99. The molecule has 4 nitrogen and oxygen atoms in total. The van der Waals surface area contributed by atoms with Crippen molar-refractivity contribution in [3.05, 3.63) is 23.8 Å². The van der Waals surface area contributed by atoms with E-state index in [9.17, 15) is 13.9 Å². The van der Waals surface area contributed by atoms with Gasteiger partial charge in [0.05, 0.1) is 10.9 Å². The molecule has 0 saturated carbocycles. The van der Waals surface area contributed by atoms with Gasteiger partial charge < -0.3 is 15.3 Å². The summed E-state index contributed by atoms with van der Waals surface area (Å²) in [6, 6.07) is 1.37. The first-order valence-corrected chi connectivity index (χ1v) is 3.90. The molecule has 2 rings (SSSR count). The highest BCUT2D eigenvalue weighted by molar-refractivity contribution is 5.88. The lowest BCUT2D eigenvalue weighted by Crippen LogP contribution is -1.88. The number of halogens is 2. The molecule has 0 spiro atoms. The van der Waals surface area contributed by atoms with Gasteiger partial charge in [0.25, 0.3) is 5.88 Å². The third kappa shape index (κ3) is 1.30. The molecule has 0 amide bonds. The second kappa shape index (κ2) is 2.94. The fourth-order valence-corrected chi connectivity index (χ4v) is 1.27. The molecule has 2 aromatic rings. The zero-order valence-corrected chi connectivity index (χ0v) is 7.20. The fraction of sp³-hybridized carbons (Fsp3) is 0. The Kier molecular flexibility index (Phi) is 1.85. The van der Waals surface area contributed by atoms with E-state index in [0.717, 1.165) is 6.07 Å². The summed E-state index contributed by atoms with van der Waals surface area (Å²) < 4.78 is 25.9. The number of benzene rings is 1. The van der Waals surface area contributed by atoms with Gasteiger partial charge in [0.1, 0.15) is 11.6 Å². The van der Waals surface area contributed by atoms with Crippen LogP contribution in [0.15, 0.2) is 12.1 Å². The average molecular weight is 213 g/mol. The minimum Gasteiger partial charge on any atom is -0.504 e. The third-order valence-corrected chi connectivity index (χ3v) is 1.93. The average Bonchev–Trinajstić information content (AvgIpc) is 2.13. The van der Waals surface area contributed by atoms with E-state index in [-0.39, 0.29) is 5.52 Å². The van der Waals surface area contributed by atoms with E-state index in [1.165, 1.54) is 0 Å². The maximum atomic E-state index is 13.2. The molecule has 0 unspecified atom stereocenters. The van der Waals surface area contributed by atoms with E-state index in [2.05, 4.69) is 4.98 Å². The molecule has 78 valence electrons. The summed E-state index contributed by atoms with van der Waals surface area (Å²) in [4.78, 5) is 3.32. The molecule has 0 aliphatic carbocycles. The van der Waals surface area contributed by atoms with Gasteiger partial charge in [-0.3, -0.25) is 0 Å². The molecule has 6 heteroatoms. The van der Waals surface area contributed by atoms with Crippen LogP contribution in [0.1, 0.15) is 0 Å². The number of rotatable bonds is 0. The van der Waals surface area contributed by atoms with Crippen LogP contribution in [-0.4, -0.2) is 20.3 Å². The summed E-state index contributed by atoms with van der Waals surface area (Å²) >= 11 is 0. The van der Waals surface area contributed by atoms with Crippen molar-refractivity contribution in [1.29, 1.82) is 0 Å². The Labute approximate surface area is 82.0 Å². The summed E-state index contributed by atoms with van der Waals surface area (Å²) in [5, 5.41) is 26.9. The van der Waals surface area contributed by atoms with Crippen LogP contribution in [0.4, 0.5) is 8.78 Å². The van der Waals surface area contributed by atoms with Crippen LogP contribution in [-0.2, 0) is 0 Å². The number of aromatic nitrogens is 1. The predicted molar refractivity (Wildman–Crippen MR) is 46.7 cm³/mol. The molecule has 1 aromatic carbocycles. The molecular formula is C9H5F2NO3. The molecule has 0 aliphatic rings. The zero-order chi connectivity index (χ0) is 11.2. The maximum absolute atomic E-state index is 13.2. The van der Waals surface area contributed by atoms with Crippen molar-refractivity contribution in [2.75, 3.05) is 0 Å². The van der Waals surface area contributed by atoms with Gasteiger partial charge in [-0.25, -0.2) is 13.8 Å². The quantitative estimate of drug-likeness (QED) is 0.621. The molecular weight excluding hydrogens is 208 g/mol. The molecule has 0 radical (unpaired) electrons. The Morgan fingerprint density at radius 3 is 2.33 bits per heavy atom. The molecule has 0 atom stereocenters. The highest BCUT2D eigenvalue weighted by atomic mass is 19.1. The largest absolute Gasteiger partial charge is 0.504 e. The minimum atomic E-state index is -1.06. The van der Waals surface area contributed by atoms with Crippen molar-refractivity contribution >= 4 is 10.9 Å². The van der Waals surface area contributed by atoms with Gasteiger partial charge in [0.2, 0.25) is 5.75 Å². The van der Waals surface area contributed by atoms with Crippen molar-refractivity contribution in [2.24, 2.45) is 0 Å². The van der Waals surface area contributed by atoms with E-state index < -0.39 is 34.4 Å². The van der Waals surface area contributed by atoms with E-state index >= 15 is 0 Å². The van der Waals surface area contributed by atoms with Crippen LogP contribution in [0.3, 0.4) is 0 Å². The number of hydrogen-bond donors (Lipinski definition) is 3. The minimum absolute atomic E-state index is 0.277. The van der Waals surface area contributed by atoms with Gasteiger partial charge in [-0.2, -0.15) is 0 Å². The lowest BCUT2D eigenvalue weighted by atomic mass is 10.2. The second-order valence-corrected chi connectivity index (χ2v) is 2.91. The molecule has 1 heterocycles. The van der Waals surface area contributed by atoms with Crippen molar-refractivity contribution in [1.82, 2.24) is 4.98 Å². The first-order valence-electron chi connectivity index (χ1n) is 3.90. The summed E-state index contributed by atoms with van der Waals surface area (Å²) in [6.07, 6.45) is 0. The van der Waals surface area contributed by atoms with Crippen molar-refractivity contribution in [2.45, 2.75) is 0 Å². The normalized spacial score (nSPS) is 10.8. The number of aromatic hydroxyl groups is 3. The predicted octanol–water partition coefficient (Wildman–Crippen LogP) is 1.63. The van der Waals surface area contributed by atoms with Crippen molar-refractivity contribution in [3.8, 4) is 17.4 Å². The van der Waals surface area contributed by atoms with Gasteiger partial charge >= 0.3 is 0 Å². The van der Waals surface area contributed by atoms with E-state index in [1.54, 1.807) is 0 Å². The van der Waals surface area contributed by atoms with Crippen LogP contribution in [0, 0.1) is 11.6 Å². The smallest absolute Gasteiger partial charge is 0.258 e. The van der Waals surface area contributed by atoms with E-state index in [1.807, 2.05) is 0 Å². The highest BCUT2D eigenvalue weighted by Crippen LogP contribution is 2.39. The number of hydrogen-bond acceptors (Lipinski definition) is 4. The molecule has 0 aliphatic heterocycles. The summed E-state index contributed by atoms with van der Waals surface area (Å²) in [5.74, 6) is -4.64. The van der Waals surface area contributed by atoms with Gasteiger partial charge in [0.15, 0.2) is 5.75 Å². The monoisotopic (exact) mass is 213 g/mol. The highest BCUT2D eigenvalue weighted by Gasteiger charge is 2.17. The summed E-state index contributed by atoms with van der Waals surface area (Å²) in [6.45, 7) is 0. The van der Waals surface area contributed by atoms with Gasteiger partial charge in [-0.15, -0.1) is 0 Å². The second-order valence-electron chi connectivity index (χ2n) is 2.91. The first-order chi connectivity index (χ1) is 7.00. The van der Waals surface area contributed by atoms with Gasteiger partial charge in [0, 0.05) is 12.1 Å². The third-order valence-electron chi connectivity index (χ3n) is 1.93. The van der Waals surface area contributed by atoms with Gasteiger partial charge in [-0.05, 0) is 0 Å². The fourth-order valence-electron chi connectivity index (χ4n) is 1.27. The molecule has 3 N–H and O–H groups in total. The Bertz CT molecular complexity index is 557. The SMILES string of the molecule is Oc1nc2cc(F)cc(F)c2c(O)c1O. The summed E-state index contributed by atoms with van der Waals surface area (Å²) in [7, 11) is 0. The first kappa shape index (κ1) is 9.45. The Morgan fingerprint density at radius 1 is 1.00 bits per heavy atom. The van der Waals surface area contributed by atoms with Gasteiger partial charge in [-0.1, -0.05) is 0 Å². The van der Waals surface area contributed by atoms with Crippen LogP contribution < -0.4 is 0 Å². The summed E-state index contributed by atoms with van der Waals surface area (Å²) in [5.41, 5.74) is -0.277. The van der Waals surface area contributed by atoms with Crippen LogP contribution in [0.25, 0.3) is 10.9 Å². The topological polar surface area (TPSA) is 73.6 Å². The van der Waals surface area contributed by atoms with E-state index in [0.29, 0.717) is 6.07 Å². The van der Waals surface area contributed by atoms with Crippen molar-refractivity contribution < 1.29 is 24.1 Å². The Hall–Kier alpha value is -2.11. The molecule has 15 heavy (non-hydrogen) atoms. The zero-order valence-electron chi connectivity index (χ0n) is 7.20. The lowest BCUT2D eigenvalue weighted by Gasteiger charge is -2.05. The standard InChI is InChI=1S/C9H5F2NO3/c10-3-1-4(11)6-5(2-3)12-9(15)8(14)7(6)13/h1-2,14H,(H2,12,13,15). The lowest BCUT2D eigenvalue weighted by molar-refractivity contribution is 0.361. The molecule has 0 bridgehead atoms. The van der Waals surface area contributed by atoms with Crippen molar-refractivity contribution in [3.63, 3.8) is 0 Å². The maximum Gasteiger partial charge on any atom is 0.258 e.